The minimum absolute atomic E-state index is 0.733. The van der Waals surface area contributed by atoms with E-state index in [1.807, 2.05) is 29.9 Å². The van der Waals surface area contributed by atoms with Crippen LogP contribution in [0.4, 0.5) is 0 Å². The summed E-state index contributed by atoms with van der Waals surface area (Å²) < 4.78 is 2.96. The molecule has 0 aliphatic carbocycles. The van der Waals surface area contributed by atoms with Crippen molar-refractivity contribution in [2.45, 2.75) is 11.8 Å². The van der Waals surface area contributed by atoms with Crippen LogP contribution in [0.2, 0.25) is 0 Å². The van der Waals surface area contributed by atoms with Crippen LogP contribution in [0, 0.1) is 0 Å². The lowest BCUT2D eigenvalue weighted by atomic mass is 10.2. The van der Waals surface area contributed by atoms with Gasteiger partial charge in [-0.15, -0.1) is 23.1 Å². The van der Waals surface area contributed by atoms with E-state index in [4.69, 9.17) is 5.10 Å². The maximum atomic E-state index is 4.70. The summed E-state index contributed by atoms with van der Waals surface area (Å²) in [6, 6.07) is 16.6. The van der Waals surface area contributed by atoms with Crippen LogP contribution in [0.15, 0.2) is 73.4 Å². The lowest BCUT2D eigenvalue weighted by molar-refractivity contribution is 0.833. The van der Waals surface area contributed by atoms with Crippen LogP contribution in [-0.4, -0.2) is 23.7 Å². The third-order valence-electron chi connectivity index (χ3n) is 3.54. The summed E-state index contributed by atoms with van der Waals surface area (Å²) in [7, 11) is 0. The molecule has 3 aromatic rings. The van der Waals surface area contributed by atoms with E-state index in [-0.39, 0.29) is 0 Å². The highest BCUT2D eigenvalue weighted by atomic mass is 79.9. The fourth-order valence-electron chi connectivity index (χ4n) is 2.32. The summed E-state index contributed by atoms with van der Waals surface area (Å²) >= 11 is 6.88. The molecule has 0 saturated carbocycles. The van der Waals surface area contributed by atoms with Gasteiger partial charge in [-0.25, -0.2) is 4.68 Å². The molecule has 128 valence electrons. The van der Waals surface area contributed by atoms with Gasteiger partial charge in [0.25, 0.3) is 0 Å². The first-order valence-corrected chi connectivity index (χ1v) is 10.8. The van der Waals surface area contributed by atoms with E-state index in [9.17, 15) is 0 Å². The van der Waals surface area contributed by atoms with Crippen molar-refractivity contribution in [3.63, 3.8) is 0 Å². The van der Waals surface area contributed by atoms with Gasteiger partial charge in [0.2, 0.25) is 4.80 Å². The molecule has 0 aliphatic rings. The molecule has 0 unspecified atom stereocenters. The Morgan fingerprint density at radius 2 is 2.00 bits per heavy atom. The number of benzene rings is 2. The monoisotopic (exact) mass is 431 g/mol. The SMILES string of the molecule is CCN=c1scc(-c2cccc(Br)c2)n1/N=C/c1ccc(SC)cc1. The minimum Gasteiger partial charge on any atom is -0.258 e. The van der Waals surface area contributed by atoms with Gasteiger partial charge < -0.3 is 0 Å². The first-order valence-electron chi connectivity index (χ1n) is 7.86. The topological polar surface area (TPSA) is 29.6 Å². The number of halogens is 1. The molecule has 0 fully saturated rings. The van der Waals surface area contributed by atoms with Crippen LogP contribution in [-0.2, 0) is 0 Å². The van der Waals surface area contributed by atoms with Gasteiger partial charge in [0, 0.05) is 26.9 Å². The highest BCUT2D eigenvalue weighted by Crippen LogP contribution is 2.23. The van der Waals surface area contributed by atoms with Gasteiger partial charge in [-0.2, -0.15) is 5.10 Å². The number of hydrogen-bond donors (Lipinski definition) is 0. The molecule has 1 aromatic heterocycles. The number of thioether (sulfide) groups is 1. The van der Waals surface area contributed by atoms with Crippen molar-refractivity contribution in [1.29, 1.82) is 0 Å². The average molecular weight is 432 g/mol. The van der Waals surface area contributed by atoms with Crippen molar-refractivity contribution >= 4 is 45.2 Å². The van der Waals surface area contributed by atoms with Crippen molar-refractivity contribution in [2.24, 2.45) is 10.1 Å². The summed E-state index contributed by atoms with van der Waals surface area (Å²) in [4.78, 5) is 6.71. The fourth-order valence-corrected chi connectivity index (χ4v) is 4.02. The summed E-state index contributed by atoms with van der Waals surface area (Å²) in [5.41, 5.74) is 3.22. The van der Waals surface area contributed by atoms with Crippen LogP contribution in [0.3, 0.4) is 0 Å². The molecule has 3 nitrogen and oxygen atoms in total. The van der Waals surface area contributed by atoms with E-state index in [0.29, 0.717) is 0 Å². The molecule has 0 spiro atoms. The van der Waals surface area contributed by atoms with Gasteiger partial charge in [0.15, 0.2) is 0 Å². The predicted octanol–water partition coefficient (Wildman–Crippen LogP) is 5.50. The van der Waals surface area contributed by atoms with E-state index >= 15 is 0 Å². The second-order valence-electron chi connectivity index (χ2n) is 5.22. The van der Waals surface area contributed by atoms with Crippen molar-refractivity contribution in [1.82, 2.24) is 4.68 Å². The molecule has 2 aromatic carbocycles. The zero-order valence-electron chi connectivity index (χ0n) is 14.0. The molecule has 0 aliphatic heterocycles. The molecule has 0 bridgehead atoms. The summed E-state index contributed by atoms with van der Waals surface area (Å²) in [5, 5.41) is 6.80. The highest BCUT2D eigenvalue weighted by molar-refractivity contribution is 9.10. The molecule has 3 rings (SSSR count). The maximum absolute atomic E-state index is 4.70. The Labute approximate surface area is 164 Å². The zero-order valence-corrected chi connectivity index (χ0v) is 17.2. The molecular weight excluding hydrogens is 414 g/mol. The first-order chi connectivity index (χ1) is 12.2. The minimum atomic E-state index is 0.733. The maximum Gasteiger partial charge on any atom is 0.206 e. The molecule has 0 radical (unpaired) electrons. The Balaban J connectivity index is 2.02. The number of hydrogen-bond acceptors (Lipinski definition) is 4. The van der Waals surface area contributed by atoms with Gasteiger partial charge in [0.1, 0.15) is 0 Å². The van der Waals surface area contributed by atoms with Gasteiger partial charge >= 0.3 is 0 Å². The van der Waals surface area contributed by atoms with Gasteiger partial charge in [0.05, 0.1) is 11.9 Å². The zero-order chi connectivity index (χ0) is 17.6. The van der Waals surface area contributed by atoms with E-state index in [1.165, 1.54) is 4.90 Å². The lowest BCUT2D eigenvalue weighted by Gasteiger charge is -2.04. The van der Waals surface area contributed by atoms with Gasteiger partial charge in [-0.05, 0) is 43.0 Å². The normalized spacial score (nSPS) is 12.2. The Hall–Kier alpha value is -1.63. The standard InChI is InChI=1S/C19H18BrN3S2/c1-3-21-19-23(22-12-14-7-9-17(24-2)10-8-14)18(13-25-19)15-5-4-6-16(20)11-15/h4-13H,3H2,1-2H3/b21-19?,22-12+. The number of thiazole rings is 1. The Morgan fingerprint density at radius 3 is 2.68 bits per heavy atom. The van der Waals surface area contributed by atoms with Crippen LogP contribution in [0.1, 0.15) is 12.5 Å². The van der Waals surface area contributed by atoms with Gasteiger partial charge in [-0.1, -0.05) is 40.2 Å². The van der Waals surface area contributed by atoms with Crippen molar-refractivity contribution in [3.05, 3.63) is 68.7 Å². The number of nitrogens with zero attached hydrogens (tertiary/aromatic N) is 3. The molecular formula is C19H18BrN3S2. The summed E-state index contributed by atoms with van der Waals surface area (Å²) in [6.45, 7) is 2.77. The Bertz CT molecular complexity index is 940. The van der Waals surface area contributed by atoms with Crippen molar-refractivity contribution < 1.29 is 0 Å². The van der Waals surface area contributed by atoms with E-state index in [2.05, 4.69) is 69.0 Å². The first kappa shape index (κ1) is 18.2. The van der Waals surface area contributed by atoms with E-state index in [1.54, 1.807) is 23.1 Å². The second-order valence-corrected chi connectivity index (χ2v) is 7.85. The number of aromatic nitrogens is 1. The number of rotatable bonds is 5. The third-order valence-corrected chi connectivity index (χ3v) is 5.63. The van der Waals surface area contributed by atoms with E-state index < -0.39 is 0 Å². The molecule has 0 saturated heterocycles. The molecule has 25 heavy (non-hydrogen) atoms. The van der Waals surface area contributed by atoms with Crippen LogP contribution >= 0.6 is 39.0 Å². The average Bonchev–Trinajstić information content (AvgIpc) is 3.03. The lowest BCUT2D eigenvalue weighted by Crippen LogP contribution is -2.12. The summed E-state index contributed by atoms with van der Waals surface area (Å²) in [6.07, 6.45) is 3.96. The van der Waals surface area contributed by atoms with E-state index in [0.717, 1.165) is 32.6 Å². The molecule has 0 N–H and O–H groups in total. The highest BCUT2D eigenvalue weighted by Gasteiger charge is 2.07. The molecule has 1 heterocycles. The van der Waals surface area contributed by atoms with Crippen molar-refractivity contribution in [3.8, 4) is 11.3 Å². The molecule has 6 heteroatoms. The Morgan fingerprint density at radius 1 is 1.20 bits per heavy atom. The second kappa shape index (κ2) is 8.65. The summed E-state index contributed by atoms with van der Waals surface area (Å²) in [5.74, 6) is 0. The van der Waals surface area contributed by atoms with Crippen molar-refractivity contribution in [2.75, 3.05) is 12.8 Å². The van der Waals surface area contributed by atoms with Gasteiger partial charge in [-0.3, -0.25) is 4.99 Å². The quantitative estimate of drug-likeness (QED) is 0.387. The smallest absolute Gasteiger partial charge is 0.206 e. The van der Waals surface area contributed by atoms with Crippen LogP contribution in [0.25, 0.3) is 11.3 Å². The predicted molar refractivity (Wildman–Crippen MR) is 113 cm³/mol. The molecule has 0 atom stereocenters. The fraction of sp³-hybridized carbons (Fsp3) is 0.158. The Kier molecular flexibility index (Phi) is 6.29. The third kappa shape index (κ3) is 4.51. The molecule has 0 amide bonds. The largest absolute Gasteiger partial charge is 0.258 e. The van der Waals surface area contributed by atoms with Crippen LogP contribution < -0.4 is 4.80 Å². The van der Waals surface area contributed by atoms with Crippen LogP contribution in [0.5, 0.6) is 0 Å².